The molecule has 0 spiro atoms. The Bertz CT molecular complexity index is 903. The van der Waals surface area contributed by atoms with Crippen LogP contribution in [0.5, 0.6) is 0 Å². The van der Waals surface area contributed by atoms with E-state index in [1.54, 1.807) is 6.07 Å². The number of hydrogen-bond acceptors (Lipinski definition) is 2. The highest BCUT2D eigenvalue weighted by Crippen LogP contribution is 2.51. The van der Waals surface area contributed by atoms with Crippen molar-refractivity contribution in [2.75, 3.05) is 5.32 Å². The van der Waals surface area contributed by atoms with Gasteiger partial charge in [-0.05, 0) is 55.0 Å². The maximum atomic E-state index is 11.8. The third-order valence-corrected chi connectivity index (χ3v) is 5.89. The number of anilines is 1. The lowest BCUT2D eigenvalue weighted by Crippen LogP contribution is -2.31. The molecule has 0 bridgehead atoms. The Kier molecular flexibility index (Phi) is 3.95. The molecule has 4 heteroatoms. The van der Waals surface area contributed by atoms with Crippen molar-refractivity contribution in [3.05, 3.63) is 74.8 Å². The van der Waals surface area contributed by atoms with Crippen LogP contribution in [0.3, 0.4) is 0 Å². The van der Waals surface area contributed by atoms with Crippen LogP contribution in [-0.2, 0) is 0 Å². The smallest absolute Gasteiger partial charge is 0.337 e. The number of allylic oxidation sites excluding steroid dienone is 2. The van der Waals surface area contributed by atoms with Crippen molar-refractivity contribution in [1.29, 1.82) is 0 Å². The first-order chi connectivity index (χ1) is 12.0. The quantitative estimate of drug-likeness (QED) is 0.649. The summed E-state index contributed by atoms with van der Waals surface area (Å²) in [6.07, 6.45) is 5.47. The van der Waals surface area contributed by atoms with Gasteiger partial charge < -0.3 is 10.4 Å². The second-order valence-corrected chi connectivity index (χ2v) is 7.97. The van der Waals surface area contributed by atoms with E-state index < -0.39 is 5.97 Å². The maximum Gasteiger partial charge on any atom is 0.337 e. The maximum absolute atomic E-state index is 11.8. The van der Waals surface area contributed by atoms with Crippen LogP contribution >= 0.6 is 15.9 Å². The van der Waals surface area contributed by atoms with Crippen LogP contribution in [0.25, 0.3) is 0 Å². The summed E-state index contributed by atoms with van der Waals surface area (Å²) < 4.78 is 0.815. The van der Waals surface area contributed by atoms with E-state index >= 15 is 0 Å². The SMILES string of the molecule is Cc1ccc(C)c([C@@H]2Nc3c(C(=O)O)cc(Br)cc3[C@@H]3C=CC[C@@H]32)c1. The third kappa shape index (κ3) is 2.69. The molecule has 4 rings (SSSR count). The normalized spacial score (nSPS) is 23.7. The van der Waals surface area contributed by atoms with Crippen LogP contribution < -0.4 is 5.32 Å². The average Bonchev–Trinajstić information content (AvgIpc) is 3.06. The van der Waals surface area contributed by atoms with E-state index in [4.69, 9.17) is 0 Å². The molecule has 1 aliphatic heterocycles. The van der Waals surface area contributed by atoms with Crippen LogP contribution in [0.4, 0.5) is 5.69 Å². The molecule has 3 atom stereocenters. The molecule has 2 aromatic rings. The highest BCUT2D eigenvalue weighted by Gasteiger charge is 2.40. The first-order valence-electron chi connectivity index (χ1n) is 8.53. The number of carboxylic acid groups (broad SMARTS) is 1. The van der Waals surface area contributed by atoms with Crippen molar-refractivity contribution in [1.82, 2.24) is 0 Å². The lowest BCUT2D eigenvalue weighted by Gasteiger charge is -2.39. The van der Waals surface area contributed by atoms with Crippen LogP contribution in [0.1, 0.15) is 51.0 Å². The van der Waals surface area contributed by atoms with Gasteiger partial charge in [0, 0.05) is 10.4 Å². The molecule has 2 aliphatic rings. The fraction of sp³-hybridized carbons (Fsp3) is 0.286. The van der Waals surface area contributed by atoms with Gasteiger partial charge >= 0.3 is 5.97 Å². The predicted molar refractivity (Wildman–Crippen MR) is 103 cm³/mol. The zero-order valence-electron chi connectivity index (χ0n) is 14.2. The molecule has 0 unspecified atom stereocenters. The number of carboxylic acids is 1. The number of hydrogen-bond donors (Lipinski definition) is 2. The van der Waals surface area contributed by atoms with E-state index in [1.807, 2.05) is 0 Å². The summed E-state index contributed by atoms with van der Waals surface area (Å²) >= 11 is 3.47. The van der Waals surface area contributed by atoms with Crippen molar-refractivity contribution in [3.8, 4) is 0 Å². The fourth-order valence-electron chi connectivity index (χ4n) is 4.24. The first kappa shape index (κ1) is 16.4. The molecule has 2 aromatic carbocycles. The molecule has 0 saturated heterocycles. The summed E-state index contributed by atoms with van der Waals surface area (Å²) in [5.74, 6) is -0.245. The molecule has 128 valence electrons. The summed E-state index contributed by atoms with van der Waals surface area (Å²) in [5, 5.41) is 13.3. The van der Waals surface area contributed by atoms with Gasteiger partial charge in [-0.3, -0.25) is 0 Å². The topological polar surface area (TPSA) is 49.3 Å². The Morgan fingerprint density at radius 1 is 1.20 bits per heavy atom. The number of fused-ring (bicyclic) bond motifs is 3. The van der Waals surface area contributed by atoms with Crippen molar-refractivity contribution in [2.24, 2.45) is 5.92 Å². The molecule has 0 fully saturated rings. The summed E-state index contributed by atoms with van der Waals surface area (Å²) in [6, 6.07) is 10.4. The summed E-state index contributed by atoms with van der Waals surface area (Å²) in [5.41, 5.74) is 5.90. The van der Waals surface area contributed by atoms with Gasteiger partial charge in [0.25, 0.3) is 0 Å². The molecule has 3 nitrogen and oxygen atoms in total. The lowest BCUT2D eigenvalue weighted by molar-refractivity contribution is 0.0697. The number of halogens is 1. The van der Waals surface area contributed by atoms with E-state index in [1.165, 1.54) is 16.7 Å². The number of aryl methyl sites for hydroxylation is 2. The van der Waals surface area contributed by atoms with Gasteiger partial charge in [-0.15, -0.1) is 0 Å². The van der Waals surface area contributed by atoms with Crippen LogP contribution in [-0.4, -0.2) is 11.1 Å². The largest absolute Gasteiger partial charge is 0.478 e. The summed E-state index contributed by atoms with van der Waals surface area (Å²) in [7, 11) is 0. The van der Waals surface area contributed by atoms with E-state index in [2.05, 4.69) is 71.5 Å². The molecule has 0 saturated carbocycles. The zero-order chi connectivity index (χ0) is 17.7. The van der Waals surface area contributed by atoms with Crippen LogP contribution in [0.15, 0.2) is 47.0 Å². The monoisotopic (exact) mass is 397 g/mol. The molecule has 1 heterocycles. The molecule has 0 amide bonds. The minimum Gasteiger partial charge on any atom is -0.478 e. The Hall–Kier alpha value is -2.07. The van der Waals surface area contributed by atoms with Gasteiger partial charge in [0.15, 0.2) is 0 Å². The van der Waals surface area contributed by atoms with Gasteiger partial charge in [-0.1, -0.05) is 51.8 Å². The molecule has 1 aliphatic carbocycles. The molecular formula is C21H20BrNO2. The molecular weight excluding hydrogens is 378 g/mol. The predicted octanol–water partition coefficient (Wildman–Crippen LogP) is 5.59. The van der Waals surface area contributed by atoms with Crippen molar-refractivity contribution in [3.63, 3.8) is 0 Å². The number of nitrogens with one attached hydrogen (secondary N) is 1. The van der Waals surface area contributed by atoms with E-state index in [0.717, 1.165) is 22.1 Å². The first-order valence-corrected chi connectivity index (χ1v) is 9.32. The highest BCUT2D eigenvalue weighted by molar-refractivity contribution is 9.10. The van der Waals surface area contributed by atoms with Gasteiger partial charge in [0.05, 0.1) is 17.3 Å². The molecule has 0 radical (unpaired) electrons. The standard InChI is InChI=1S/C21H20BrNO2/c1-11-6-7-12(2)16(8-11)19-15-5-3-4-14(15)17-9-13(22)10-18(21(24)25)20(17)23-19/h3-4,6-10,14-15,19,23H,5H2,1-2H3,(H,24,25)/t14-,15+,19-/m1/s1. The van der Waals surface area contributed by atoms with E-state index in [9.17, 15) is 9.90 Å². The minimum atomic E-state index is -0.898. The highest BCUT2D eigenvalue weighted by atomic mass is 79.9. The minimum absolute atomic E-state index is 0.117. The fourth-order valence-corrected chi connectivity index (χ4v) is 4.71. The number of aromatic carboxylic acids is 1. The third-order valence-electron chi connectivity index (χ3n) is 5.43. The number of rotatable bonds is 2. The molecule has 25 heavy (non-hydrogen) atoms. The number of benzene rings is 2. The van der Waals surface area contributed by atoms with Gasteiger partial charge in [-0.2, -0.15) is 0 Å². The van der Waals surface area contributed by atoms with Gasteiger partial charge in [-0.25, -0.2) is 4.79 Å². The van der Waals surface area contributed by atoms with Crippen molar-refractivity contribution in [2.45, 2.75) is 32.2 Å². The Labute approximate surface area is 155 Å². The second-order valence-electron chi connectivity index (χ2n) is 7.06. The van der Waals surface area contributed by atoms with Crippen LogP contribution in [0.2, 0.25) is 0 Å². The Morgan fingerprint density at radius 3 is 2.76 bits per heavy atom. The van der Waals surface area contributed by atoms with Gasteiger partial charge in [0.2, 0.25) is 0 Å². The van der Waals surface area contributed by atoms with E-state index in [-0.39, 0.29) is 12.0 Å². The van der Waals surface area contributed by atoms with Gasteiger partial charge in [0.1, 0.15) is 0 Å². The number of carbonyl (C=O) groups is 1. The molecule has 0 aromatic heterocycles. The average molecular weight is 398 g/mol. The van der Waals surface area contributed by atoms with E-state index in [0.29, 0.717) is 11.5 Å². The zero-order valence-corrected chi connectivity index (χ0v) is 15.8. The Balaban J connectivity index is 1.90. The van der Waals surface area contributed by atoms with Crippen molar-refractivity contribution < 1.29 is 9.90 Å². The summed E-state index contributed by atoms with van der Waals surface area (Å²) in [6.45, 7) is 4.23. The lowest BCUT2D eigenvalue weighted by atomic mass is 9.75. The summed E-state index contributed by atoms with van der Waals surface area (Å²) in [4.78, 5) is 11.8. The Morgan fingerprint density at radius 2 is 2.00 bits per heavy atom. The molecule has 2 N–H and O–H groups in total. The second kappa shape index (κ2) is 6.03. The van der Waals surface area contributed by atoms with Crippen LogP contribution in [0, 0.1) is 19.8 Å². The van der Waals surface area contributed by atoms with Crippen molar-refractivity contribution >= 4 is 27.6 Å².